The average Bonchev–Trinajstić information content (AvgIpc) is 2.46. The number of pyridine rings is 1. The Balaban J connectivity index is 2.11. The maximum absolute atomic E-state index is 5.29. The van der Waals surface area contributed by atoms with Gasteiger partial charge in [-0.3, -0.25) is 0 Å². The standard InChI is InChI=1S/C15H18BrN3O/c1-19(2)12-7-8-17-14(9-12)18-10-11-5-4-6-13(20-3)15(11)16/h4-9H,10H2,1-3H3,(H,17,18). The molecule has 2 rings (SSSR count). The Labute approximate surface area is 127 Å². The van der Waals surface area contributed by atoms with Gasteiger partial charge in [-0.25, -0.2) is 4.98 Å². The maximum Gasteiger partial charge on any atom is 0.133 e. The molecule has 0 fully saturated rings. The average molecular weight is 336 g/mol. The molecule has 0 amide bonds. The van der Waals surface area contributed by atoms with Crippen LogP contribution in [0.5, 0.6) is 5.75 Å². The molecule has 0 atom stereocenters. The molecule has 106 valence electrons. The van der Waals surface area contributed by atoms with Crippen molar-refractivity contribution in [1.29, 1.82) is 0 Å². The molecule has 20 heavy (non-hydrogen) atoms. The minimum absolute atomic E-state index is 0.682. The van der Waals surface area contributed by atoms with Gasteiger partial charge < -0.3 is 15.0 Å². The molecule has 2 aromatic rings. The molecule has 1 N–H and O–H groups in total. The molecule has 0 aliphatic rings. The topological polar surface area (TPSA) is 37.4 Å². The van der Waals surface area contributed by atoms with E-state index in [0.717, 1.165) is 27.3 Å². The highest BCUT2D eigenvalue weighted by Crippen LogP contribution is 2.28. The first-order valence-electron chi connectivity index (χ1n) is 6.30. The van der Waals surface area contributed by atoms with Gasteiger partial charge in [-0.1, -0.05) is 12.1 Å². The van der Waals surface area contributed by atoms with E-state index in [1.165, 1.54) is 0 Å². The van der Waals surface area contributed by atoms with Crippen LogP contribution in [0.2, 0.25) is 0 Å². The third kappa shape index (κ3) is 3.42. The fraction of sp³-hybridized carbons (Fsp3) is 0.267. The molecule has 0 bridgehead atoms. The summed E-state index contributed by atoms with van der Waals surface area (Å²) in [6, 6.07) is 9.96. The Morgan fingerprint density at radius 2 is 2.10 bits per heavy atom. The molecule has 1 aromatic heterocycles. The lowest BCUT2D eigenvalue weighted by Gasteiger charge is -2.14. The van der Waals surface area contributed by atoms with E-state index in [9.17, 15) is 0 Å². The molecular formula is C15H18BrN3O. The molecule has 0 aliphatic heterocycles. The van der Waals surface area contributed by atoms with E-state index in [0.29, 0.717) is 6.54 Å². The van der Waals surface area contributed by atoms with Gasteiger partial charge in [0.25, 0.3) is 0 Å². The Morgan fingerprint density at radius 3 is 2.80 bits per heavy atom. The summed E-state index contributed by atoms with van der Waals surface area (Å²) in [4.78, 5) is 6.37. The molecule has 0 saturated heterocycles. The fourth-order valence-corrected chi connectivity index (χ4v) is 2.40. The number of hydrogen-bond acceptors (Lipinski definition) is 4. The zero-order valence-corrected chi connectivity index (χ0v) is 13.4. The second-order valence-corrected chi connectivity index (χ2v) is 5.37. The van der Waals surface area contributed by atoms with Gasteiger partial charge in [-0.2, -0.15) is 0 Å². The fourth-order valence-electron chi connectivity index (χ4n) is 1.83. The van der Waals surface area contributed by atoms with Crippen LogP contribution in [0.25, 0.3) is 0 Å². The molecule has 0 spiro atoms. The second-order valence-electron chi connectivity index (χ2n) is 4.58. The predicted octanol–water partition coefficient (Wildman–Crippen LogP) is 3.53. The first-order valence-corrected chi connectivity index (χ1v) is 7.09. The summed E-state index contributed by atoms with van der Waals surface area (Å²) < 4.78 is 6.26. The van der Waals surface area contributed by atoms with Gasteiger partial charge in [0.15, 0.2) is 0 Å². The first kappa shape index (κ1) is 14.7. The summed E-state index contributed by atoms with van der Waals surface area (Å²) in [6.07, 6.45) is 1.80. The van der Waals surface area contributed by atoms with Crippen molar-refractivity contribution in [2.75, 3.05) is 31.4 Å². The minimum atomic E-state index is 0.682. The van der Waals surface area contributed by atoms with Crippen molar-refractivity contribution in [1.82, 2.24) is 4.98 Å². The van der Waals surface area contributed by atoms with Crippen LogP contribution in [0, 0.1) is 0 Å². The lowest BCUT2D eigenvalue weighted by Crippen LogP contribution is -2.10. The molecular weight excluding hydrogens is 318 g/mol. The zero-order chi connectivity index (χ0) is 14.5. The summed E-state index contributed by atoms with van der Waals surface area (Å²) in [5, 5.41) is 3.33. The van der Waals surface area contributed by atoms with Crippen molar-refractivity contribution >= 4 is 27.4 Å². The normalized spacial score (nSPS) is 10.2. The number of nitrogens with zero attached hydrogens (tertiary/aromatic N) is 2. The minimum Gasteiger partial charge on any atom is -0.496 e. The van der Waals surface area contributed by atoms with Crippen molar-refractivity contribution in [2.45, 2.75) is 6.54 Å². The van der Waals surface area contributed by atoms with Gasteiger partial charge in [0.1, 0.15) is 11.6 Å². The van der Waals surface area contributed by atoms with E-state index >= 15 is 0 Å². The Hall–Kier alpha value is -1.75. The van der Waals surface area contributed by atoms with Gasteiger partial charge >= 0.3 is 0 Å². The van der Waals surface area contributed by atoms with Crippen molar-refractivity contribution in [3.8, 4) is 5.75 Å². The largest absolute Gasteiger partial charge is 0.496 e. The van der Waals surface area contributed by atoms with Gasteiger partial charge in [0, 0.05) is 38.6 Å². The lowest BCUT2D eigenvalue weighted by molar-refractivity contribution is 0.411. The van der Waals surface area contributed by atoms with Crippen LogP contribution < -0.4 is 15.0 Å². The van der Waals surface area contributed by atoms with E-state index in [1.54, 1.807) is 13.3 Å². The van der Waals surface area contributed by atoms with Crippen molar-refractivity contribution in [2.24, 2.45) is 0 Å². The Morgan fingerprint density at radius 1 is 1.30 bits per heavy atom. The number of nitrogens with one attached hydrogen (secondary N) is 1. The third-order valence-electron chi connectivity index (χ3n) is 2.98. The quantitative estimate of drug-likeness (QED) is 0.906. The number of benzene rings is 1. The number of halogens is 1. The number of anilines is 2. The van der Waals surface area contributed by atoms with Crippen LogP contribution in [0.3, 0.4) is 0 Å². The Kier molecular flexibility index (Phi) is 4.84. The van der Waals surface area contributed by atoms with E-state index < -0.39 is 0 Å². The van der Waals surface area contributed by atoms with Gasteiger partial charge in [-0.15, -0.1) is 0 Å². The highest BCUT2D eigenvalue weighted by Gasteiger charge is 2.06. The smallest absolute Gasteiger partial charge is 0.133 e. The van der Waals surface area contributed by atoms with Crippen molar-refractivity contribution in [3.05, 3.63) is 46.6 Å². The van der Waals surface area contributed by atoms with Crippen molar-refractivity contribution < 1.29 is 4.74 Å². The van der Waals surface area contributed by atoms with E-state index in [-0.39, 0.29) is 0 Å². The number of ether oxygens (including phenoxy) is 1. The molecule has 0 aliphatic carbocycles. The van der Waals surface area contributed by atoms with Crippen LogP contribution in [0.4, 0.5) is 11.5 Å². The zero-order valence-electron chi connectivity index (χ0n) is 11.9. The number of rotatable bonds is 5. The first-order chi connectivity index (χ1) is 9.61. The summed E-state index contributed by atoms with van der Waals surface area (Å²) in [6.45, 7) is 0.682. The third-order valence-corrected chi connectivity index (χ3v) is 3.88. The summed E-state index contributed by atoms with van der Waals surface area (Å²) >= 11 is 3.56. The van der Waals surface area contributed by atoms with E-state index in [2.05, 4.69) is 32.3 Å². The van der Waals surface area contributed by atoms with Crippen molar-refractivity contribution in [3.63, 3.8) is 0 Å². The van der Waals surface area contributed by atoms with E-state index in [1.807, 2.05) is 43.3 Å². The van der Waals surface area contributed by atoms with Gasteiger partial charge in [0.2, 0.25) is 0 Å². The lowest BCUT2D eigenvalue weighted by atomic mass is 10.2. The highest BCUT2D eigenvalue weighted by molar-refractivity contribution is 9.10. The van der Waals surface area contributed by atoms with Crippen LogP contribution >= 0.6 is 15.9 Å². The molecule has 0 saturated carbocycles. The van der Waals surface area contributed by atoms with Crippen LogP contribution in [-0.2, 0) is 6.54 Å². The van der Waals surface area contributed by atoms with Crippen LogP contribution in [0.1, 0.15) is 5.56 Å². The maximum atomic E-state index is 5.29. The summed E-state index contributed by atoms with van der Waals surface area (Å²) in [5.74, 6) is 1.69. The number of aromatic nitrogens is 1. The molecule has 4 nitrogen and oxygen atoms in total. The summed E-state index contributed by atoms with van der Waals surface area (Å²) in [5.41, 5.74) is 2.24. The molecule has 5 heteroatoms. The molecule has 0 unspecified atom stereocenters. The Bertz CT molecular complexity index is 587. The summed E-state index contributed by atoms with van der Waals surface area (Å²) in [7, 11) is 5.69. The monoisotopic (exact) mass is 335 g/mol. The van der Waals surface area contributed by atoms with Gasteiger partial charge in [-0.05, 0) is 33.6 Å². The number of hydrogen-bond donors (Lipinski definition) is 1. The molecule has 1 aromatic carbocycles. The molecule has 1 heterocycles. The SMILES string of the molecule is COc1cccc(CNc2cc(N(C)C)ccn2)c1Br. The number of methoxy groups -OCH3 is 1. The predicted molar refractivity (Wildman–Crippen MR) is 86.6 cm³/mol. The molecule has 0 radical (unpaired) electrons. The van der Waals surface area contributed by atoms with Crippen LogP contribution in [0.15, 0.2) is 41.0 Å². The van der Waals surface area contributed by atoms with Gasteiger partial charge in [0.05, 0.1) is 11.6 Å². The highest BCUT2D eigenvalue weighted by atomic mass is 79.9. The van der Waals surface area contributed by atoms with Crippen LogP contribution in [-0.4, -0.2) is 26.2 Å². The van der Waals surface area contributed by atoms with E-state index in [4.69, 9.17) is 4.74 Å². The second kappa shape index (κ2) is 6.61.